The molecule has 3 rings (SSSR count). The molecule has 0 spiro atoms. The molecule has 1 amide bonds. The van der Waals surface area contributed by atoms with Gasteiger partial charge in [0.25, 0.3) is 15.9 Å². The highest BCUT2D eigenvalue weighted by Gasteiger charge is 2.18. The Morgan fingerprint density at radius 2 is 1.74 bits per heavy atom. The van der Waals surface area contributed by atoms with Gasteiger partial charge in [-0.2, -0.15) is 0 Å². The van der Waals surface area contributed by atoms with E-state index < -0.39 is 16.1 Å². The summed E-state index contributed by atoms with van der Waals surface area (Å²) in [5.74, 6) is 0.565. The van der Waals surface area contributed by atoms with Crippen LogP contribution in [0.15, 0.2) is 65.7 Å². The smallest absolute Gasteiger partial charge is 0.265 e. The van der Waals surface area contributed by atoms with Crippen LogP contribution in [0.5, 0.6) is 5.75 Å². The van der Waals surface area contributed by atoms with Gasteiger partial charge in [0.05, 0.1) is 4.90 Å². The van der Waals surface area contributed by atoms with Crippen molar-refractivity contribution in [2.75, 3.05) is 10.0 Å². The van der Waals surface area contributed by atoms with E-state index in [1.165, 1.54) is 30.5 Å². The van der Waals surface area contributed by atoms with E-state index in [0.29, 0.717) is 11.4 Å². The average Bonchev–Trinajstić information content (AvgIpc) is 2.72. The van der Waals surface area contributed by atoms with Crippen LogP contribution in [0.4, 0.5) is 11.5 Å². The van der Waals surface area contributed by atoms with Crippen LogP contribution in [0.2, 0.25) is 0 Å². The molecule has 0 saturated carbocycles. The first-order valence-corrected chi connectivity index (χ1v) is 11.2. The normalized spacial score (nSPS) is 12.1. The van der Waals surface area contributed by atoms with Crippen molar-refractivity contribution < 1.29 is 17.9 Å². The lowest BCUT2D eigenvalue weighted by molar-refractivity contribution is -0.122. The summed E-state index contributed by atoms with van der Waals surface area (Å²) in [5, 5.41) is 2.75. The third-order valence-corrected chi connectivity index (χ3v) is 6.14. The molecule has 0 saturated heterocycles. The molecule has 31 heavy (non-hydrogen) atoms. The standard InChI is InChI=1S/C23H25N3O4S/c1-15-13-16(2)17(3)21(14-15)30-18(4)23(27)25-19-8-10-20(11-9-19)31(28,29)26-22-7-5-6-12-24-22/h5-14,18H,1-4H3,(H,24,26)(H,25,27)/t18-/m0/s1. The summed E-state index contributed by atoms with van der Waals surface area (Å²) in [6.45, 7) is 7.59. The second kappa shape index (κ2) is 9.18. The summed E-state index contributed by atoms with van der Waals surface area (Å²) in [6.07, 6.45) is 0.772. The number of aryl methyl sites for hydroxylation is 2. The first-order chi connectivity index (χ1) is 14.7. The summed E-state index contributed by atoms with van der Waals surface area (Å²) in [4.78, 5) is 16.6. The van der Waals surface area contributed by atoms with E-state index in [1.807, 2.05) is 26.8 Å². The minimum absolute atomic E-state index is 0.0614. The van der Waals surface area contributed by atoms with E-state index in [2.05, 4.69) is 21.1 Å². The maximum Gasteiger partial charge on any atom is 0.265 e. The number of aromatic nitrogens is 1. The Bertz CT molecular complexity index is 1180. The van der Waals surface area contributed by atoms with Crippen LogP contribution in [0.25, 0.3) is 0 Å². The van der Waals surface area contributed by atoms with Crippen molar-refractivity contribution in [3.63, 3.8) is 0 Å². The van der Waals surface area contributed by atoms with Gasteiger partial charge >= 0.3 is 0 Å². The minimum atomic E-state index is -3.78. The molecule has 0 aliphatic rings. The summed E-state index contributed by atoms with van der Waals surface area (Å²) in [5.41, 5.74) is 3.61. The van der Waals surface area contributed by atoms with Crippen LogP contribution in [0.3, 0.4) is 0 Å². The predicted molar refractivity (Wildman–Crippen MR) is 121 cm³/mol. The molecule has 8 heteroatoms. The van der Waals surface area contributed by atoms with Gasteiger partial charge in [0.2, 0.25) is 0 Å². The van der Waals surface area contributed by atoms with Crippen molar-refractivity contribution in [1.82, 2.24) is 4.98 Å². The molecule has 162 valence electrons. The Morgan fingerprint density at radius 3 is 2.39 bits per heavy atom. The largest absolute Gasteiger partial charge is 0.481 e. The lowest BCUT2D eigenvalue weighted by atomic mass is 10.1. The zero-order chi connectivity index (χ0) is 22.6. The molecule has 0 unspecified atom stereocenters. The van der Waals surface area contributed by atoms with Crippen molar-refractivity contribution in [3.8, 4) is 5.75 Å². The highest BCUT2D eigenvalue weighted by Crippen LogP contribution is 2.25. The summed E-state index contributed by atoms with van der Waals surface area (Å²) in [7, 11) is -3.78. The molecule has 0 fully saturated rings. The number of amides is 1. The Kier molecular flexibility index (Phi) is 6.60. The first kappa shape index (κ1) is 22.3. The number of hydrogen-bond donors (Lipinski definition) is 2. The maximum absolute atomic E-state index is 12.5. The third-order valence-electron chi connectivity index (χ3n) is 4.77. The molecule has 2 N–H and O–H groups in total. The number of sulfonamides is 1. The van der Waals surface area contributed by atoms with Crippen LogP contribution < -0.4 is 14.8 Å². The number of hydrogen-bond acceptors (Lipinski definition) is 5. The van der Waals surface area contributed by atoms with Gasteiger partial charge in [-0.3, -0.25) is 9.52 Å². The van der Waals surface area contributed by atoms with Gasteiger partial charge in [0.1, 0.15) is 11.6 Å². The van der Waals surface area contributed by atoms with E-state index in [9.17, 15) is 13.2 Å². The SMILES string of the molecule is Cc1cc(C)c(C)c(O[C@@H](C)C(=O)Nc2ccc(S(=O)(=O)Nc3ccccn3)cc2)c1. The molecule has 1 aromatic heterocycles. The van der Waals surface area contributed by atoms with Gasteiger partial charge in [-0.15, -0.1) is 0 Å². The number of carbonyl (C=O) groups excluding carboxylic acids is 1. The molecule has 0 aliphatic carbocycles. The second-order valence-electron chi connectivity index (χ2n) is 7.30. The Labute approximate surface area is 182 Å². The quantitative estimate of drug-likeness (QED) is 0.575. The Hall–Kier alpha value is -3.39. The number of benzene rings is 2. The van der Waals surface area contributed by atoms with Gasteiger partial charge in [-0.1, -0.05) is 12.1 Å². The van der Waals surface area contributed by atoms with Crippen LogP contribution in [0, 0.1) is 20.8 Å². The van der Waals surface area contributed by atoms with Gasteiger partial charge in [0.15, 0.2) is 6.10 Å². The molecule has 1 heterocycles. The second-order valence-corrected chi connectivity index (χ2v) is 8.98. The van der Waals surface area contributed by atoms with Gasteiger partial charge < -0.3 is 10.1 Å². The summed E-state index contributed by atoms with van der Waals surface area (Å²) < 4.78 is 33.2. The van der Waals surface area contributed by atoms with E-state index in [4.69, 9.17) is 4.74 Å². The molecule has 0 aliphatic heterocycles. The topological polar surface area (TPSA) is 97.4 Å². The van der Waals surface area contributed by atoms with Crippen molar-refractivity contribution in [1.29, 1.82) is 0 Å². The van der Waals surface area contributed by atoms with E-state index in [0.717, 1.165) is 16.7 Å². The van der Waals surface area contributed by atoms with Crippen molar-refractivity contribution in [2.24, 2.45) is 0 Å². The average molecular weight is 440 g/mol. The van der Waals surface area contributed by atoms with Gasteiger partial charge in [0, 0.05) is 11.9 Å². The summed E-state index contributed by atoms with van der Waals surface area (Å²) in [6, 6.07) is 14.8. The molecule has 1 atom stereocenters. The fourth-order valence-electron chi connectivity index (χ4n) is 2.95. The molecule has 0 radical (unpaired) electrons. The number of pyridine rings is 1. The number of anilines is 2. The van der Waals surface area contributed by atoms with Gasteiger partial charge in [-0.05, 0) is 86.8 Å². The van der Waals surface area contributed by atoms with Crippen LogP contribution in [0.1, 0.15) is 23.6 Å². The highest BCUT2D eigenvalue weighted by atomic mass is 32.2. The lowest BCUT2D eigenvalue weighted by Gasteiger charge is -2.18. The van der Waals surface area contributed by atoms with E-state index in [-0.39, 0.29) is 16.6 Å². The zero-order valence-electron chi connectivity index (χ0n) is 17.8. The van der Waals surface area contributed by atoms with Crippen molar-refractivity contribution in [3.05, 3.63) is 77.5 Å². The molecule has 3 aromatic rings. The Morgan fingerprint density at radius 1 is 1.03 bits per heavy atom. The number of carbonyl (C=O) groups is 1. The summed E-state index contributed by atoms with van der Waals surface area (Å²) >= 11 is 0. The fourth-order valence-corrected chi connectivity index (χ4v) is 3.96. The van der Waals surface area contributed by atoms with Crippen LogP contribution in [-0.4, -0.2) is 25.4 Å². The van der Waals surface area contributed by atoms with E-state index >= 15 is 0 Å². The highest BCUT2D eigenvalue weighted by molar-refractivity contribution is 7.92. The number of rotatable bonds is 7. The molecule has 2 aromatic carbocycles. The fraction of sp³-hybridized carbons (Fsp3) is 0.217. The molecular formula is C23H25N3O4S. The first-order valence-electron chi connectivity index (χ1n) is 9.75. The van der Waals surface area contributed by atoms with Gasteiger partial charge in [-0.25, -0.2) is 13.4 Å². The monoisotopic (exact) mass is 439 g/mol. The molecule has 0 bridgehead atoms. The zero-order valence-corrected chi connectivity index (χ0v) is 18.7. The minimum Gasteiger partial charge on any atom is -0.481 e. The molecular weight excluding hydrogens is 414 g/mol. The van der Waals surface area contributed by atoms with Crippen LogP contribution in [-0.2, 0) is 14.8 Å². The lowest BCUT2D eigenvalue weighted by Crippen LogP contribution is -2.30. The van der Waals surface area contributed by atoms with Crippen molar-refractivity contribution >= 4 is 27.4 Å². The number of ether oxygens (including phenoxy) is 1. The number of nitrogens with one attached hydrogen (secondary N) is 2. The predicted octanol–water partition coefficient (Wildman–Crippen LogP) is 4.21. The van der Waals surface area contributed by atoms with Crippen molar-refractivity contribution in [2.45, 2.75) is 38.7 Å². The maximum atomic E-state index is 12.5. The Balaban J connectivity index is 1.66. The number of nitrogens with zero attached hydrogens (tertiary/aromatic N) is 1. The van der Waals surface area contributed by atoms with E-state index in [1.54, 1.807) is 25.1 Å². The van der Waals surface area contributed by atoms with Crippen LogP contribution >= 0.6 is 0 Å². The molecule has 7 nitrogen and oxygen atoms in total. The third kappa shape index (κ3) is 5.61.